The second-order valence-electron chi connectivity index (χ2n) is 14.0. The number of esters is 5. The Bertz CT molecular complexity index is 1400. The van der Waals surface area contributed by atoms with Crippen molar-refractivity contribution in [3.05, 3.63) is 0 Å². The Labute approximate surface area is 321 Å². The number of hydrogen-bond donors (Lipinski definition) is 5. The van der Waals surface area contributed by atoms with E-state index in [0.29, 0.717) is 0 Å². The summed E-state index contributed by atoms with van der Waals surface area (Å²) in [5.41, 5.74) is 0. The van der Waals surface area contributed by atoms with Crippen LogP contribution in [0, 0.1) is 0 Å². The number of carbonyl (C=O) groups is 5. The van der Waals surface area contributed by atoms with E-state index in [1.807, 2.05) is 0 Å². The lowest BCUT2D eigenvalue weighted by atomic mass is 9.95. The number of ether oxygens (including phenoxy) is 12. The van der Waals surface area contributed by atoms with E-state index in [1.165, 1.54) is 27.7 Å². The molecular formula is C34H52O22. The Balaban J connectivity index is 1.70. The molecule has 320 valence electrons. The first-order valence-electron chi connectivity index (χ1n) is 18.0. The zero-order valence-corrected chi connectivity index (χ0v) is 32.2. The zero-order chi connectivity index (χ0) is 41.9. The van der Waals surface area contributed by atoms with Gasteiger partial charge < -0.3 is 82.4 Å². The van der Waals surface area contributed by atoms with Crippen molar-refractivity contribution in [1.82, 2.24) is 0 Å². The molecule has 4 rings (SSSR count). The molecule has 4 aliphatic rings. The smallest absolute Gasteiger partial charge is 0.303 e. The number of rotatable bonds is 11. The Morgan fingerprint density at radius 1 is 0.357 bits per heavy atom. The fraction of sp³-hybridized carbons (Fsp3) is 0.853. The highest BCUT2D eigenvalue weighted by Crippen LogP contribution is 2.37. The second kappa shape index (κ2) is 19.1. The molecule has 20 atom stereocenters. The summed E-state index contributed by atoms with van der Waals surface area (Å²) in [4.78, 5) is 61.1. The molecule has 4 heterocycles. The van der Waals surface area contributed by atoms with Crippen molar-refractivity contribution in [3.8, 4) is 0 Å². The van der Waals surface area contributed by atoms with Gasteiger partial charge in [0.2, 0.25) is 0 Å². The van der Waals surface area contributed by atoms with Gasteiger partial charge in [-0.2, -0.15) is 0 Å². The third-order valence-corrected chi connectivity index (χ3v) is 9.41. The summed E-state index contributed by atoms with van der Waals surface area (Å²) in [7, 11) is 0. The van der Waals surface area contributed by atoms with Crippen molar-refractivity contribution in [2.75, 3.05) is 0 Å². The fourth-order valence-electron chi connectivity index (χ4n) is 6.97. The van der Waals surface area contributed by atoms with Crippen LogP contribution >= 0.6 is 0 Å². The molecule has 0 aromatic heterocycles. The topological polar surface area (TPSA) is 297 Å². The predicted octanol–water partition coefficient (Wildman–Crippen LogP) is -2.78. The predicted molar refractivity (Wildman–Crippen MR) is 176 cm³/mol. The summed E-state index contributed by atoms with van der Waals surface area (Å²) >= 11 is 0. The van der Waals surface area contributed by atoms with Crippen LogP contribution in [0.4, 0.5) is 0 Å². The van der Waals surface area contributed by atoms with Crippen LogP contribution < -0.4 is 0 Å². The summed E-state index contributed by atoms with van der Waals surface area (Å²) in [5, 5.41) is 53.8. The molecule has 4 saturated heterocycles. The molecular weight excluding hydrogens is 760 g/mol. The Morgan fingerprint density at radius 3 is 1.14 bits per heavy atom. The average molecular weight is 813 g/mol. The van der Waals surface area contributed by atoms with Gasteiger partial charge in [0.05, 0.1) is 24.4 Å². The van der Waals surface area contributed by atoms with E-state index in [0.717, 1.165) is 34.6 Å². The van der Waals surface area contributed by atoms with Gasteiger partial charge in [-0.3, -0.25) is 24.0 Å². The Hall–Kier alpha value is -3.13. The minimum Gasteiger partial charge on any atom is -0.457 e. The van der Waals surface area contributed by atoms with E-state index in [4.69, 9.17) is 56.8 Å². The van der Waals surface area contributed by atoms with E-state index in [2.05, 4.69) is 0 Å². The third-order valence-electron chi connectivity index (χ3n) is 9.41. The first-order valence-corrected chi connectivity index (χ1v) is 18.0. The molecule has 0 aliphatic carbocycles. The molecule has 0 aromatic rings. The van der Waals surface area contributed by atoms with Gasteiger partial charge in [-0.15, -0.1) is 0 Å². The highest BCUT2D eigenvalue weighted by atomic mass is 16.8. The SMILES string of the molecule is CC(=O)O[C@@H]1[C@@H](O[C@@H]2O[C@@H](C)[C@H](OC(C)=O)[C@@H](OC(C)=O)[C@H]2O)[C@@H](OC(C)=O)[C@H](O[C@H]2[C@@H](O)[C@H](O[C@@H]3[C@@H](O)[C@@H](O)[C@H](O)O[C@H]3C)O[C@@H](C)[C@@H]2OC(C)=O)O[C@H]1C. The Morgan fingerprint density at radius 2 is 0.679 bits per heavy atom. The lowest BCUT2D eigenvalue weighted by Crippen LogP contribution is -2.67. The van der Waals surface area contributed by atoms with Crippen molar-refractivity contribution < 1.29 is 106 Å². The normalized spacial score (nSPS) is 44.2. The molecule has 5 N–H and O–H groups in total. The van der Waals surface area contributed by atoms with Crippen molar-refractivity contribution in [2.45, 2.75) is 185 Å². The molecule has 4 fully saturated rings. The average Bonchev–Trinajstić information content (AvgIpc) is 3.08. The Kier molecular flexibility index (Phi) is 15.5. The van der Waals surface area contributed by atoms with Crippen LogP contribution in [0.25, 0.3) is 0 Å². The van der Waals surface area contributed by atoms with Crippen LogP contribution in [0.15, 0.2) is 0 Å². The second-order valence-corrected chi connectivity index (χ2v) is 14.0. The molecule has 0 spiro atoms. The highest BCUT2D eigenvalue weighted by molar-refractivity contribution is 5.68. The van der Waals surface area contributed by atoms with Gasteiger partial charge in [0.25, 0.3) is 0 Å². The van der Waals surface area contributed by atoms with E-state index in [9.17, 15) is 49.5 Å². The summed E-state index contributed by atoms with van der Waals surface area (Å²) in [6.07, 6.45) is -30.4. The number of aliphatic hydroxyl groups excluding tert-OH is 5. The molecule has 22 nitrogen and oxygen atoms in total. The summed E-state index contributed by atoms with van der Waals surface area (Å²) in [5.74, 6) is -4.18. The van der Waals surface area contributed by atoms with Crippen LogP contribution in [0.2, 0.25) is 0 Å². The number of hydrogen-bond acceptors (Lipinski definition) is 22. The molecule has 0 radical (unpaired) electrons. The van der Waals surface area contributed by atoms with Gasteiger partial charge in [-0.25, -0.2) is 0 Å². The largest absolute Gasteiger partial charge is 0.457 e. The van der Waals surface area contributed by atoms with Crippen LogP contribution in [-0.2, 0) is 80.8 Å². The third kappa shape index (κ3) is 10.7. The zero-order valence-electron chi connectivity index (χ0n) is 32.2. The van der Waals surface area contributed by atoms with Gasteiger partial charge >= 0.3 is 29.8 Å². The van der Waals surface area contributed by atoms with E-state index < -0.39 is 153 Å². The van der Waals surface area contributed by atoms with Crippen LogP contribution in [0.3, 0.4) is 0 Å². The molecule has 0 bridgehead atoms. The van der Waals surface area contributed by atoms with E-state index in [-0.39, 0.29) is 0 Å². The standard InChI is InChI=1S/C34H52O22/c1-10-23(19(40)20(41)31(44)45-10)54-32-22(43)28(25(12(3)46-32)50-15(6)36)55-34-30(53-18(9)39)29(26(13(4)48-34)51-16(7)37)56-33-21(42)27(52-17(8)38)24(11(2)47-33)49-14(5)35/h10-13,19-34,40-44H,1-9H3/t10-,11-,12-,13-,19-,20+,21+,22+,23-,24-,25-,26-,27-,28-,29+,30+,31+,32-,33-,34-/m0/s1. The van der Waals surface area contributed by atoms with E-state index >= 15 is 0 Å². The number of aliphatic hydroxyl groups is 5. The maximum Gasteiger partial charge on any atom is 0.303 e. The fourth-order valence-corrected chi connectivity index (χ4v) is 6.97. The quantitative estimate of drug-likeness (QED) is 0.104. The molecule has 0 aromatic carbocycles. The summed E-state index contributed by atoms with van der Waals surface area (Å²) in [6.45, 7) is 11.1. The van der Waals surface area contributed by atoms with Crippen molar-refractivity contribution >= 4 is 29.8 Å². The molecule has 56 heavy (non-hydrogen) atoms. The van der Waals surface area contributed by atoms with Gasteiger partial charge in [0, 0.05) is 34.6 Å². The first-order chi connectivity index (χ1) is 26.1. The highest BCUT2D eigenvalue weighted by Gasteiger charge is 2.58. The lowest BCUT2D eigenvalue weighted by Gasteiger charge is -2.50. The summed E-state index contributed by atoms with van der Waals surface area (Å²) < 4.78 is 68.5. The molecule has 0 saturated carbocycles. The monoisotopic (exact) mass is 812 g/mol. The maximum atomic E-state index is 12.6. The minimum absolute atomic E-state index is 0.768. The van der Waals surface area contributed by atoms with Gasteiger partial charge in [-0.1, -0.05) is 0 Å². The summed E-state index contributed by atoms with van der Waals surface area (Å²) in [6, 6.07) is 0. The molecule has 4 aliphatic heterocycles. The minimum atomic E-state index is -1.88. The first kappa shape index (κ1) is 45.6. The van der Waals surface area contributed by atoms with Crippen molar-refractivity contribution in [2.24, 2.45) is 0 Å². The van der Waals surface area contributed by atoms with Crippen molar-refractivity contribution in [3.63, 3.8) is 0 Å². The van der Waals surface area contributed by atoms with Gasteiger partial charge in [0.15, 0.2) is 55.7 Å². The van der Waals surface area contributed by atoms with E-state index in [1.54, 1.807) is 0 Å². The van der Waals surface area contributed by atoms with Gasteiger partial charge in [-0.05, 0) is 27.7 Å². The van der Waals surface area contributed by atoms with Crippen LogP contribution in [-0.4, -0.2) is 178 Å². The van der Waals surface area contributed by atoms with Crippen molar-refractivity contribution in [1.29, 1.82) is 0 Å². The maximum absolute atomic E-state index is 12.6. The lowest BCUT2D eigenvalue weighted by molar-refractivity contribution is -0.384. The molecule has 0 unspecified atom stereocenters. The van der Waals surface area contributed by atoms with Crippen LogP contribution in [0.1, 0.15) is 62.3 Å². The van der Waals surface area contributed by atoms with Gasteiger partial charge in [0.1, 0.15) is 42.7 Å². The van der Waals surface area contributed by atoms with Crippen LogP contribution in [0.5, 0.6) is 0 Å². The molecule has 0 amide bonds. The molecule has 22 heteroatoms. The number of carbonyl (C=O) groups excluding carboxylic acids is 5.